The summed E-state index contributed by atoms with van der Waals surface area (Å²) in [5, 5.41) is 7.50. The number of hydrogen-bond acceptors (Lipinski definition) is 6. The molecule has 0 saturated carbocycles. The van der Waals surface area contributed by atoms with Gasteiger partial charge in [0.2, 0.25) is 5.91 Å². The minimum atomic E-state index is -0.0420. The second-order valence-corrected chi connectivity index (χ2v) is 7.68. The van der Waals surface area contributed by atoms with Gasteiger partial charge in [-0.15, -0.1) is 0 Å². The molecule has 0 spiro atoms. The van der Waals surface area contributed by atoms with Gasteiger partial charge in [0.15, 0.2) is 11.5 Å². The lowest BCUT2D eigenvalue weighted by atomic mass is 10.1. The molecule has 0 radical (unpaired) electrons. The third-order valence-electron chi connectivity index (χ3n) is 5.85. The smallest absolute Gasteiger partial charge is 0.225 e. The number of anilines is 1. The van der Waals surface area contributed by atoms with Crippen LogP contribution >= 0.6 is 0 Å². The van der Waals surface area contributed by atoms with Crippen LogP contribution in [0.1, 0.15) is 37.8 Å². The Hall–Kier alpha value is -2.74. The quantitative estimate of drug-likeness (QED) is 0.751. The Morgan fingerprint density at radius 1 is 1.23 bits per heavy atom. The van der Waals surface area contributed by atoms with E-state index < -0.39 is 0 Å². The summed E-state index contributed by atoms with van der Waals surface area (Å²) in [5.41, 5.74) is 0.928. The number of methoxy groups -OCH3 is 1. The second-order valence-electron chi connectivity index (χ2n) is 7.68. The monoisotopic (exact) mass is 414 g/mol. The van der Waals surface area contributed by atoms with Crippen molar-refractivity contribution in [2.75, 3.05) is 45.3 Å². The summed E-state index contributed by atoms with van der Waals surface area (Å²) in [7, 11) is 1.62. The van der Waals surface area contributed by atoms with Crippen molar-refractivity contribution < 1.29 is 19.0 Å². The first kappa shape index (κ1) is 20.5. The first-order valence-corrected chi connectivity index (χ1v) is 10.7. The molecule has 1 amide bonds. The summed E-state index contributed by atoms with van der Waals surface area (Å²) in [6, 6.07) is 5.94. The number of aromatic nitrogens is 2. The highest BCUT2D eigenvalue weighted by Gasteiger charge is 2.22. The number of carbonyl (C=O) groups excluding carboxylic acids is 1. The van der Waals surface area contributed by atoms with E-state index in [1.165, 1.54) is 0 Å². The molecule has 0 atom stereocenters. The number of benzene rings is 1. The summed E-state index contributed by atoms with van der Waals surface area (Å²) in [6.45, 7) is 6.47. The maximum absolute atomic E-state index is 12.6. The molecule has 162 valence electrons. The number of ether oxygens (including phenoxy) is 3. The van der Waals surface area contributed by atoms with E-state index in [0.717, 1.165) is 43.9 Å². The third kappa shape index (κ3) is 4.53. The molecule has 1 aromatic carbocycles. The van der Waals surface area contributed by atoms with Crippen LogP contribution in [0.25, 0.3) is 0 Å². The van der Waals surface area contributed by atoms with Crippen LogP contribution < -0.4 is 19.5 Å². The Morgan fingerprint density at radius 2 is 1.97 bits per heavy atom. The van der Waals surface area contributed by atoms with E-state index in [1.807, 2.05) is 22.9 Å². The predicted molar refractivity (Wildman–Crippen MR) is 114 cm³/mol. The predicted octanol–water partition coefficient (Wildman–Crippen LogP) is 2.89. The lowest BCUT2D eigenvalue weighted by molar-refractivity contribution is -0.116. The second kappa shape index (κ2) is 9.38. The number of carbonyl (C=O) groups is 1. The zero-order valence-electron chi connectivity index (χ0n) is 17.7. The van der Waals surface area contributed by atoms with E-state index in [-0.39, 0.29) is 5.91 Å². The van der Waals surface area contributed by atoms with Crippen molar-refractivity contribution in [3.8, 4) is 17.2 Å². The van der Waals surface area contributed by atoms with Gasteiger partial charge >= 0.3 is 0 Å². The van der Waals surface area contributed by atoms with Crippen LogP contribution in [0.2, 0.25) is 0 Å². The third-order valence-corrected chi connectivity index (χ3v) is 5.85. The van der Waals surface area contributed by atoms with Crippen molar-refractivity contribution in [1.82, 2.24) is 14.7 Å². The number of nitrogens with one attached hydrogen (secondary N) is 1. The normalized spacial score (nSPS) is 17.0. The van der Waals surface area contributed by atoms with Gasteiger partial charge in [0.25, 0.3) is 0 Å². The Kier molecular flexibility index (Phi) is 6.42. The molecule has 0 aliphatic carbocycles. The molecule has 4 rings (SSSR count). The van der Waals surface area contributed by atoms with E-state index >= 15 is 0 Å². The Labute approximate surface area is 177 Å². The van der Waals surface area contributed by atoms with E-state index in [4.69, 9.17) is 14.2 Å². The lowest BCUT2D eigenvalue weighted by Gasteiger charge is -2.31. The van der Waals surface area contributed by atoms with Gasteiger partial charge in [-0.3, -0.25) is 4.79 Å². The van der Waals surface area contributed by atoms with Gasteiger partial charge in [-0.1, -0.05) is 6.92 Å². The van der Waals surface area contributed by atoms with E-state index in [1.54, 1.807) is 13.3 Å². The van der Waals surface area contributed by atoms with Gasteiger partial charge in [-0.25, -0.2) is 4.68 Å². The molecule has 3 heterocycles. The Bertz CT molecular complexity index is 874. The molecule has 30 heavy (non-hydrogen) atoms. The number of fused-ring (bicyclic) bond motifs is 1. The maximum atomic E-state index is 12.6. The summed E-state index contributed by atoms with van der Waals surface area (Å²) in [5.74, 6) is 2.82. The molecule has 8 heteroatoms. The van der Waals surface area contributed by atoms with Crippen LogP contribution in [0.4, 0.5) is 5.82 Å². The van der Waals surface area contributed by atoms with Gasteiger partial charge < -0.3 is 24.4 Å². The fourth-order valence-corrected chi connectivity index (χ4v) is 4.14. The van der Waals surface area contributed by atoms with Crippen LogP contribution in [-0.4, -0.2) is 60.5 Å². The molecule has 2 aliphatic rings. The van der Waals surface area contributed by atoms with Gasteiger partial charge in [-0.05, 0) is 37.4 Å². The lowest BCUT2D eigenvalue weighted by Crippen LogP contribution is -2.35. The average Bonchev–Trinajstić information content (AvgIpc) is 3.25. The number of rotatable bonds is 7. The molecule has 1 aromatic heterocycles. The first-order chi connectivity index (χ1) is 14.7. The SMILES string of the molecule is CCN1CCC(n2nccc2NC(=O)CCc2cc3c(cc2OC)OCCO3)CC1. The molecular formula is C22H30N4O4. The zero-order chi connectivity index (χ0) is 20.9. The molecule has 0 bridgehead atoms. The van der Waals surface area contributed by atoms with Crippen molar-refractivity contribution >= 4 is 11.7 Å². The van der Waals surface area contributed by atoms with Gasteiger partial charge in [0.1, 0.15) is 24.8 Å². The van der Waals surface area contributed by atoms with Crippen LogP contribution in [0.5, 0.6) is 17.2 Å². The molecule has 1 N–H and O–H groups in total. The molecule has 8 nitrogen and oxygen atoms in total. The van der Waals surface area contributed by atoms with Gasteiger partial charge in [0, 0.05) is 31.6 Å². The maximum Gasteiger partial charge on any atom is 0.225 e. The number of amides is 1. The van der Waals surface area contributed by atoms with E-state index in [9.17, 15) is 4.79 Å². The molecule has 1 saturated heterocycles. The van der Waals surface area contributed by atoms with E-state index in [2.05, 4.69) is 22.2 Å². The summed E-state index contributed by atoms with van der Waals surface area (Å²) >= 11 is 0. The summed E-state index contributed by atoms with van der Waals surface area (Å²) < 4.78 is 18.7. The van der Waals surface area contributed by atoms with Crippen molar-refractivity contribution in [3.05, 3.63) is 30.0 Å². The van der Waals surface area contributed by atoms with Crippen LogP contribution in [0, 0.1) is 0 Å². The minimum absolute atomic E-state index is 0.0420. The van der Waals surface area contributed by atoms with Crippen molar-refractivity contribution in [2.45, 2.75) is 38.6 Å². The number of aryl methyl sites for hydroxylation is 1. The number of hydrogen-bond donors (Lipinski definition) is 1. The first-order valence-electron chi connectivity index (χ1n) is 10.7. The fourth-order valence-electron chi connectivity index (χ4n) is 4.14. The highest BCUT2D eigenvalue weighted by atomic mass is 16.6. The molecule has 2 aromatic rings. The van der Waals surface area contributed by atoms with Gasteiger partial charge in [0.05, 0.1) is 19.3 Å². The Morgan fingerprint density at radius 3 is 2.67 bits per heavy atom. The number of likely N-dealkylation sites (tertiary alicyclic amines) is 1. The molecule has 1 fully saturated rings. The standard InChI is InChI=1S/C22H30N4O4/c1-3-25-10-7-17(8-11-25)26-21(6-9-23-26)24-22(27)5-4-16-14-19-20(15-18(16)28-2)30-13-12-29-19/h6,9,14-15,17H,3-5,7-8,10-13H2,1-2H3,(H,24,27). The fraction of sp³-hybridized carbons (Fsp3) is 0.545. The minimum Gasteiger partial charge on any atom is -0.496 e. The van der Waals surface area contributed by atoms with Crippen LogP contribution in [-0.2, 0) is 11.2 Å². The topological polar surface area (TPSA) is 77.9 Å². The van der Waals surface area contributed by atoms with E-state index in [0.29, 0.717) is 49.3 Å². The highest BCUT2D eigenvalue weighted by molar-refractivity contribution is 5.90. The van der Waals surface area contributed by atoms with Gasteiger partial charge in [-0.2, -0.15) is 5.10 Å². The van der Waals surface area contributed by atoms with Crippen molar-refractivity contribution in [2.24, 2.45) is 0 Å². The summed E-state index contributed by atoms with van der Waals surface area (Å²) in [4.78, 5) is 15.1. The molecule has 2 aliphatic heterocycles. The van der Waals surface area contributed by atoms with Crippen LogP contribution in [0.15, 0.2) is 24.4 Å². The average molecular weight is 415 g/mol. The largest absolute Gasteiger partial charge is 0.496 e. The summed E-state index contributed by atoms with van der Waals surface area (Å²) in [6.07, 6.45) is 4.75. The molecule has 0 unspecified atom stereocenters. The molecular weight excluding hydrogens is 384 g/mol. The van der Waals surface area contributed by atoms with Crippen LogP contribution in [0.3, 0.4) is 0 Å². The van der Waals surface area contributed by atoms with Crippen molar-refractivity contribution in [3.63, 3.8) is 0 Å². The number of piperidine rings is 1. The number of nitrogens with zero attached hydrogens (tertiary/aromatic N) is 3. The van der Waals surface area contributed by atoms with Crippen molar-refractivity contribution in [1.29, 1.82) is 0 Å². The highest BCUT2D eigenvalue weighted by Crippen LogP contribution is 2.37. The zero-order valence-corrected chi connectivity index (χ0v) is 17.7. The Balaban J connectivity index is 1.37.